The van der Waals surface area contributed by atoms with Crippen LogP contribution >= 0.6 is 0 Å². The Labute approximate surface area is 153 Å². The van der Waals surface area contributed by atoms with Crippen molar-refractivity contribution in [1.82, 2.24) is 9.71 Å². The van der Waals surface area contributed by atoms with Gasteiger partial charge in [0, 0.05) is 41.2 Å². The van der Waals surface area contributed by atoms with Crippen LogP contribution in [0.25, 0.3) is 10.8 Å². The summed E-state index contributed by atoms with van der Waals surface area (Å²) >= 11 is 0. The smallest absolute Gasteiger partial charge is 0.241 e. The Balaban J connectivity index is 1.89. The monoisotopic (exact) mass is 377 g/mol. The molecule has 5 nitrogen and oxygen atoms in total. The standard InChI is InChI=1S/C19H24FN3O2S/c1-19(2,20)10-23-26(24,25)18-8-13-12(5-6-16(13)21)15-9-22-17(7-14(15)18)11-3-4-11/h7-9,11,16,23H,3-6,10,21H2,1-2H3/t16-/m1/s1. The Kier molecular flexibility index (Phi) is 4.09. The maximum atomic E-state index is 13.9. The SMILES string of the molecule is CC(C)(F)CNS(=O)(=O)c1cc2c(c3cnc(C4CC4)cc13)CC[C@H]2N. The molecule has 1 heterocycles. The summed E-state index contributed by atoms with van der Waals surface area (Å²) in [7, 11) is -3.86. The Bertz CT molecular complexity index is 978. The van der Waals surface area contributed by atoms with E-state index < -0.39 is 15.7 Å². The first-order chi connectivity index (χ1) is 12.2. The van der Waals surface area contributed by atoms with Crippen molar-refractivity contribution in [3.05, 3.63) is 35.2 Å². The Morgan fingerprint density at radius 2 is 2.00 bits per heavy atom. The molecule has 1 aromatic heterocycles. The fourth-order valence-electron chi connectivity index (χ4n) is 3.61. The number of pyridine rings is 1. The molecule has 3 N–H and O–H groups in total. The third-order valence-corrected chi connectivity index (χ3v) is 6.66. The van der Waals surface area contributed by atoms with Crippen LogP contribution in [-0.4, -0.2) is 25.6 Å². The third-order valence-electron chi connectivity index (χ3n) is 5.22. The van der Waals surface area contributed by atoms with Crippen LogP contribution in [0.4, 0.5) is 4.39 Å². The molecule has 1 aromatic carbocycles. The van der Waals surface area contributed by atoms with E-state index in [1.807, 2.05) is 6.07 Å². The van der Waals surface area contributed by atoms with Gasteiger partial charge in [-0.3, -0.25) is 4.98 Å². The van der Waals surface area contributed by atoms with Crippen LogP contribution in [0.3, 0.4) is 0 Å². The van der Waals surface area contributed by atoms with Crippen LogP contribution in [0.5, 0.6) is 0 Å². The second kappa shape index (κ2) is 5.97. The van der Waals surface area contributed by atoms with Crippen LogP contribution < -0.4 is 10.5 Å². The van der Waals surface area contributed by atoms with Crippen LogP contribution in [-0.2, 0) is 16.4 Å². The van der Waals surface area contributed by atoms with Gasteiger partial charge in [0.1, 0.15) is 5.67 Å². The summed E-state index contributed by atoms with van der Waals surface area (Å²) in [5.74, 6) is 0.420. The zero-order valence-corrected chi connectivity index (χ0v) is 15.9. The van der Waals surface area contributed by atoms with Gasteiger partial charge in [-0.15, -0.1) is 0 Å². The van der Waals surface area contributed by atoms with Gasteiger partial charge in [0.05, 0.1) is 4.90 Å². The highest BCUT2D eigenvalue weighted by Gasteiger charge is 2.31. The zero-order chi connectivity index (χ0) is 18.7. The van der Waals surface area contributed by atoms with Crippen molar-refractivity contribution in [1.29, 1.82) is 0 Å². The van der Waals surface area contributed by atoms with Crippen molar-refractivity contribution >= 4 is 20.8 Å². The molecule has 0 amide bonds. The molecule has 26 heavy (non-hydrogen) atoms. The average Bonchev–Trinajstić information content (AvgIpc) is 3.35. The number of nitrogens with one attached hydrogen (secondary N) is 1. The highest BCUT2D eigenvalue weighted by Crippen LogP contribution is 2.43. The van der Waals surface area contributed by atoms with Crippen LogP contribution in [0.2, 0.25) is 0 Å². The third kappa shape index (κ3) is 3.23. The minimum absolute atomic E-state index is 0.177. The normalized spacial score (nSPS) is 20.5. The highest BCUT2D eigenvalue weighted by atomic mass is 32.2. The molecule has 4 rings (SSSR count). The molecule has 2 aromatic rings. The van der Waals surface area contributed by atoms with E-state index in [-0.39, 0.29) is 17.5 Å². The summed E-state index contributed by atoms with van der Waals surface area (Å²) in [6.07, 6.45) is 5.58. The number of hydrogen-bond acceptors (Lipinski definition) is 4. The minimum atomic E-state index is -3.86. The van der Waals surface area contributed by atoms with Crippen molar-refractivity contribution in [2.75, 3.05) is 6.54 Å². The maximum Gasteiger partial charge on any atom is 0.241 e. The van der Waals surface area contributed by atoms with E-state index in [1.54, 1.807) is 12.3 Å². The van der Waals surface area contributed by atoms with E-state index in [0.717, 1.165) is 47.9 Å². The molecule has 7 heteroatoms. The first-order valence-corrected chi connectivity index (χ1v) is 10.5. The van der Waals surface area contributed by atoms with Gasteiger partial charge in [-0.25, -0.2) is 17.5 Å². The van der Waals surface area contributed by atoms with Crippen molar-refractivity contribution in [2.24, 2.45) is 5.73 Å². The topological polar surface area (TPSA) is 85.1 Å². The molecule has 1 atom stereocenters. The van der Waals surface area contributed by atoms with Gasteiger partial charge in [0.25, 0.3) is 0 Å². The second-order valence-corrected chi connectivity index (χ2v) is 9.80. The number of aromatic nitrogens is 1. The molecule has 0 radical (unpaired) electrons. The number of rotatable bonds is 5. The van der Waals surface area contributed by atoms with Gasteiger partial charge in [-0.1, -0.05) is 0 Å². The van der Waals surface area contributed by atoms with E-state index in [9.17, 15) is 12.8 Å². The van der Waals surface area contributed by atoms with Crippen molar-refractivity contribution < 1.29 is 12.8 Å². The molecule has 140 valence electrons. The molecule has 1 fully saturated rings. The van der Waals surface area contributed by atoms with Gasteiger partial charge in [-0.2, -0.15) is 0 Å². The van der Waals surface area contributed by atoms with E-state index in [1.165, 1.54) is 13.8 Å². The minimum Gasteiger partial charge on any atom is -0.324 e. The number of nitrogens with zero attached hydrogens (tertiary/aromatic N) is 1. The first kappa shape index (κ1) is 17.8. The second-order valence-electron chi connectivity index (χ2n) is 8.06. The quantitative estimate of drug-likeness (QED) is 0.838. The summed E-state index contributed by atoms with van der Waals surface area (Å²) in [4.78, 5) is 4.74. The number of sulfonamides is 1. The summed E-state index contributed by atoms with van der Waals surface area (Å²) in [5, 5.41) is 1.51. The lowest BCUT2D eigenvalue weighted by Crippen LogP contribution is -2.35. The summed E-state index contributed by atoms with van der Waals surface area (Å²) in [5.41, 5.74) is 7.44. The molecule has 0 spiro atoms. The molecule has 0 unspecified atom stereocenters. The fourth-order valence-corrected chi connectivity index (χ4v) is 5.04. The van der Waals surface area contributed by atoms with E-state index in [0.29, 0.717) is 11.3 Å². The molecule has 2 aliphatic rings. The summed E-state index contributed by atoms with van der Waals surface area (Å²) < 4.78 is 42.2. The number of halogens is 1. The molecule has 0 aliphatic heterocycles. The van der Waals surface area contributed by atoms with Crippen molar-refractivity contribution in [2.45, 2.75) is 62.1 Å². The predicted octanol–water partition coefficient (Wildman–Crippen LogP) is 3.08. The average molecular weight is 377 g/mol. The number of alkyl halides is 1. The zero-order valence-electron chi connectivity index (χ0n) is 15.0. The summed E-state index contributed by atoms with van der Waals surface area (Å²) in [6.45, 7) is 2.42. The first-order valence-electron chi connectivity index (χ1n) is 9.05. The molecular weight excluding hydrogens is 353 g/mol. The molecule has 1 saturated carbocycles. The van der Waals surface area contributed by atoms with Crippen LogP contribution in [0, 0.1) is 0 Å². The van der Waals surface area contributed by atoms with Crippen LogP contribution in [0.1, 0.15) is 61.9 Å². The van der Waals surface area contributed by atoms with Gasteiger partial charge in [0.2, 0.25) is 10.0 Å². The van der Waals surface area contributed by atoms with Crippen molar-refractivity contribution in [3.63, 3.8) is 0 Å². The van der Waals surface area contributed by atoms with Gasteiger partial charge in [0.15, 0.2) is 0 Å². The Morgan fingerprint density at radius 3 is 2.65 bits per heavy atom. The van der Waals surface area contributed by atoms with Crippen molar-refractivity contribution in [3.8, 4) is 0 Å². The van der Waals surface area contributed by atoms with Gasteiger partial charge < -0.3 is 5.73 Å². The predicted molar refractivity (Wildman–Crippen MR) is 99.3 cm³/mol. The number of benzene rings is 1. The number of fused-ring (bicyclic) bond motifs is 3. The largest absolute Gasteiger partial charge is 0.324 e. The van der Waals surface area contributed by atoms with E-state index in [4.69, 9.17) is 5.73 Å². The van der Waals surface area contributed by atoms with Gasteiger partial charge >= 0.3 is 0 Å². The Hall–Kier alpha value is -1.57. The number of nitrogens with two attached hydrogens (primary N) is 1. The van der Waals surface area contributed by atoms with Gasteiger partial charge in [-0.05, 0) is 62.8 Å². The number of aryl methyl sites for hydroxylation is 1. The molecule has 0 bridgehead atoms. The van der Waals surface area contributed by atoms with E-state index >= 15 is 0 Å². The molecule has 0 saturated heterocycles. The lowest BCUT2D eigenvalue weighted by Gasteiger charge is -2.18. The molecular formula is C19H24FN3O2S. The highest BCUT2D eigenvalue weighted by molar-refractivity contribution is 7.89. The Morgan fingerprint density at radius 1 is 1.27 bits per heavy atom. The number of hydrogen-bond donors (Lipinski definition) is 2. The molecule has 2 aliphatic carbocycles. The van der Waals surface area contributed by atoms with Crippen LogP contribution in [0.15, 0.2) is 23.2 Å². The lowest BCUT2D eigenvalue weighted by atomic mass is 10.0. The van der Waals surface area contributed by atoms with E-state index in [2.05, 4.69) is 9.71 Å². The lowest BCUT2D eigenvalue weighted by molar-refractivity contribution is 0.221. The summed E-state index contributed by atoms with van der Waals surface area (Å²) in [6, 6.07) is 3.40. The maximum absolute atomic E-state index is 13.9. The fraction of sp³-hybridized carbons (Fsp3) is 0.526.